The van der Waals surface area contributed by atoms with Crippen LogP contribution in [-0.4, -0.2) is 0 Å². The fraction of sp³-hybridized carbons (Fsp3) is 0.900. The molecule has 0 aliphatic heterocycles. The largest absolute Gasteiger partial charge is 0.198 e. The normalized spacial score (nSPS) is 15.7. The van der Waals surface area contributed by atoms with Gasteiger partial charge in [0.05, 0.1) is 6.07 Å². The van der Waals surface area contributed by atoms with Crippen molar-refractivity contribution in [2.45, 2.75) is 41.5 Å². The smallest absolute Gasteiger partial charge is 0.0658 e. The van der Waals surface area contributed by atoms with Gasteiger partial charge in [0.2, 0.25) is 0 Å². The lowest BCUT2D eigenvalue weighted by atomic mass is 9.63. The van der Waals surface area contributed by atoms with Crippen LogP contribution in [0, 0.1) is 28.1 Å². The van der Waals surface area contributed by atoms with Crippen molar-refractivity contribution in [2.75, 3.05) is 0 Å². The molecule has 1 heteroatoms. The highest BCUT2D eigenvalue weighted by atomic mass is 14.4. The predicted molar refractivity (Wildman–Crippen MR) is 48.0 cm³/mol. The zero-order valence-electron chi connectivity index (χ0n) is 8.52. The maximum atomic E-state index is 8.78. The van der Waals surface area contributed by atoms with Gasteiger partial charge in [-0.1, -0.05) is 34.6 Å². The molecule has 0 aliphatic carbocycles. The molecule has 0 fully saturated rings. The van der Waals surface area contributed by atoms with Crippen LogP contribution in [0.15, 0.2) is 0 Å². The minimum absolute atomic E-state index is 0.0851. The number of hydrogen-bond donors (Lipinski definition) is 0. The van der Waals surface area contributed by atoms with Crippen LogP contribution in [0.25, 0.3) is 0 Å². The molecular weight excluding hydrogens is 134 g/mol. The lowest BCUT2D eigenvalue weighted by molar-refractivity contribution is 0.0910. The fourth-order valence-electron chi connectivity index (χ4n) is 0.811. The van der Waals surface area contributed by atoms with E-state index in [9.17, 15) is 0 Å². The molecule has 0 amide bonds. The van der Waals surface area contributed by atoms with Gasteiger partial charge < -0.3 is 0 Å². The van der Waals surface area contributed by atoms with E-state index in [0.29, 0.717) is 0 Å². The van der Waals surface area contributed by atoms with Gasteiger partial charge in [0.15, 0.2) is 0 Å². The Morgan fingerprint density at radius 1 is 1.09 bits per heavy atom. The van der Waals surface area contributed by atoms with E-state index in [-0.39, 0.29) is 16.7 Å². The molecule has 0 radical (unpaired) electrons. The van der Waals surface area contributed by atoms with E-state index < -0.39 is 0 Å². The molecule has 0 rings (SSSR count). The summed E-state index contributed by atoms with van der Waals surface area (Å²) in [7, 11) is 0. The first-order valence-corrected chi connectivity index (χ1v) is 4.13. The Bertz CT molecular complexity index is 166. The van der Waals surface area contributed by atoms with Gasteiger partial charge in [-0.25, -0.2) is 0 Å². The Labute approximate surface area is 70.4 Å². The number of nitrogens with zero attached hydrogens (tertiary/aromatic N) is 1. The third-order valence-electron chi connectivity index (χ3n) is 3.21. The lowest BCUT2D eigenvalue weighted by Gasteiger charge is -2.40. The van der Waals surface area contributed by atoms with Gasteiger partial charge in [-0.2, -0.15) is 5.26 Å². The van der Waals surface area contributed by atoms with Crippen LogP contribution >= 0.6 is 0 Å². The highest BCUT2D eigenvalue weighted by molar-refractivity contribution is 4.96. The van der Waals surface area contributed by atoms with Crippen LogP contribution in [0.1, 0.15) is 41.5 Å². The molecule has 1 atom stereocenters. The molecule has 0 heterocycles. The summed E-state index contributed by atoms with van der Waals surface area (Å²) in [5, 5.41) is 8.78. The Morgan fingerprint density at radius 2 is 1.45 bits per heavy atom. The molecule has 0 aromatic rings. The van der Waals surface area contributed by atoms with Gasteiger partial charge in [0.1, 0.15) is 0 Å². The van der Waals surface area contributed by atoms with Crippen LogP contribution in [-0.2, 0) is 0 Å². The second-order valence-electron chi connectivity index (χ2n) is 4.82. The molecule has 1 unspecified atom stereocenters. The first kappa shape index (κ1) is 10.5. The Morgan fingerprint density at radius 3 is 1.55 bits per heavy atom. The number of rotatable bonds is 1. The minimum atomic E-state index is 0.0851. The second kappa shape index (κ2) is 2.85. The van der Waals surface area contributed by atoms with E-state index in [1.54, 1.807) is 0 Å². The third-order valence-corrected chi connectivity index (χ3v) is 3.21. The molecule has 0 bridgehead atoms. The summed E-state index contributed by atoms with van der Waals surface area (Å²) in [6.07, 6.45) is 0. The van der Waals surface area contributed by atoms with Gasteiger partial charge in [-0.15, -0.1) is 0 Å². The molecule has 0 aromatic carbocycles. The minimum Gasteiger partial charge on any atom is -0.198 e. The molecule has 0 aliphatic rings. The van der Waals surface area contributed by atoms with Crippen LogP contribution in [0.5, 0.6) is 0 Å². The van der Waals surface area contributed by atoms with E-state index in [1.807, 2.05) is 6.92 Å². The average Bonchev–Trinajstić information content (AvgIpc) is 1.83. The van der Waals surface area contributed by atoms with Gasteiger partial charge in [-0.3, -0.25) is 0 Å². The van der Waals surface area contributed by atoms with Crippen LogP contribution < -0.4 is 0 Å². The van der Waals surface area contributed by atoms with E-state index in [4.69, 9.17) is 5.26 Å². The maximum Gasteiger partial charge on any atom is 0.0658 e. The number of nitriles is 1. The highest BCUT2D eigenvalue weighted by Gasteiger charge is 2.37. The Kier molecular flexibility index (Phi) is 2.72. The molecule has 64 valence electrons. The van der Waals surface area contributed by atoms with Gasteiger partial charge in [0.25, 0.3) is 0 Å². The molecular formula is C10H19N. The first-order chi connectivity index (χ1) is 4.73. The van der Waals surface area contributed by atoms with Crippen molar-refractivity contribution in [3.8, 4) is 6.07 Å². The van der Waals surface area contributed by atoms with Crippen molar-refractivity contribution < 1.29 is 0 Å². The van der Waals surface area contributed by atoms with Crippen LogP contribution in [0.2, 0.25) is 0 Å². The SMILES string of the molecule is CC(C#N)C(C)(C)C(C)(C)C. The fourth-order valence-corrected chi connectivity index (χ4v) is 0.811. The van der Waals surface area contributed by atoms with Gasteiger partial charge in [-0.05, 0) is 17.8 Å². The molecule has 0 N–H and O–H groups in total. The topological polar surface area (TPSA) is 23.8 Å². The standard InChI is InChI=1S/C10H19N/c1-8(7-11)10(5,6)9(2,3)4/h8H,1-6H3. The zero-order chi connectivity index (χ0) is 9.28. The van der Waals surface area contributed by atoms with Crippen molar-refractivity contribution in [1.82, 2.24) is 0 Å². The summed E-state index contributed by atoms with van der Waals surface area (Å²) in [5.41, 5.74) is 0.282. The highest BCUT2D eigenvalue weighted by Crippen LogP contribution is 2.43. The lowest BCUT2D eigenvalue weighted by Crippen LogP contribution is -2.35. The maximum absolute atomic E-state index is 8.78. The van der Waals surface area contributed by atoms with Crippen molar-refractivity contribution in [1.29, 1.82) is 5.26 Å². The quantitative estimate of drug-likeness (QED) is 0.567. The second-order valence-corrected chi connectivity index (χ2v) is 4.82. The van der Waals surface area contributed by atoms with E-state index in [1.165, 1.54) is 0 Å². The molecule has 1 nitrogen and oxygen atoms in total. The van der Waals surface area contributed by atoms with Crippen molar-refractivity contribution >= 4 is 0 Å². The molecule has 0 saturated heterocycles. The van der Waals surface area contributed by atoms with E-state index >= 15 is 0 Å². The third kappa shape index (κ3) is 1.96. The van der Waals surface area contributed by atoms with Gasteiger partial charge >= 0.3 is 0 Å². The van der Waals surface area contributed by atoms with Crippen molar-refractivity contribution in [3.05, 3.63) is 0 Å². The van der Waals surface area contributed by atoms with Crippen LogP contribution in [0.4, 0.5) is 0 Å². The molecule has 0 aromatic heterocycles. The van der Waals surface area contributed by atoms with Crippen molar-refractivity contribution in [2.24, 2.45) is 16.7 Å². The summed E-state index contributed by atoms with van der Waals surface area (Å²) in [4.78, 5) is 0. The first-order valence-electron chi connectivity index (χ1n) is 4.13. The Hall–Kier alpha value is -0.510. The number of hydrogen-bond acceptors (Lipinski definition) is 1. The van der Waals surface area contributed by atoms with Gasteiger partial charge in [0, 0.05) is 5.92 Å². The van der Waals surface area contributed by atoms with Crippen LogP contribution in [0.3, 0.4) is 0 Å². The zero-order valence-corrected chi connectivity index (χ0v) is 8.52. The summed E-state index contributed by atoms with van der Waals surface area (Å²) < 4.78 is 0. The van der Waals surface area contributed by atoms with E-state index in [2.05, 4.69) is 40.7 Å². The van der Waals surface area contributed by atoms with E-state index in [0.717, 1.165) is 0 Å². The summed E-state index contributed by atoms with van der Waals surface area (Å²) in [6, 6.07) is 2.31. The Balaban J connectivity index is 4.62. The summed E-state index contributed by atoms with van der Waals surface area (Å²) >= 11 is 0. The monoisotopic (exact) mass is 153 g/mol. The average molecular weight is 153 g/mol. The molecule has 0 saturated carbocycles. The molecule has 11 heavy (non-hydrogen) atoms. The predicted octanol–water partition coefficient (Wildman–Crippen LogP) is 3.22. The summed E-state index contributed by atoms with van der Waals surface area (Å²) in [5.74, 6) is 0.113. The molecule has 0 spiro atoms. The van der Waals surface area contributed by atoms with Crippen molar-refractivity contribution in [3.63, 3.8) is 0 Å². The summed E-state index contributed by atoms with van der Waals surface area (Å²) in [6.45, 7) is 12.8.